The number of rotatable bonds is 1. The zero-order valence-electron chi connectivity index (χ0n) is 13.3. The van der Waals surface area contributed by atoms with Gasteiger partial charge in [-0.25, -0.2) is 0 Å². The van der Waals surface area contributed by atoms with E-state index in [1.807, 2.05) is 6.92 Å². The van der Waals surface area contributed by atoms with Crippen molar-refractivity contribution in [2.24, 2.45) is 16.2 Å². The third-order valence-electron chi connectivity index (χ3n) is 6.73. The predicted molar refractivity (Wildman–Crippen MR) is 77.1 cm³/mol. The smallest absolute Gasteiger partial charge is 0.302 e. The summed E-state index contributed by atoms with van der Waals surface area (Å²) in [7, 11) is 0. The molecule has 3 fully saturated rings. The van der Waals surface area contributed by atoms with Crippen LogP contribution in [0.1, 0.15) is 72.6 Å². The van der Waals surface area contributed by atoms with E-state index in [9.17, 15) is 9.90 Å². The van der Waals surface area contributed by atoms with Gasteiger partial charge >= 0.3 is 5.97 Å². The zero-order valence-corrected chi connectivity index (χ0v) is 13.3. The van der Waals surface area contributed by atoms with Gasteiger partial charge in [-0.05, 0) is 62.7 Å². The molecule has 3 heteroatoms. The highest BCUT2D eigenvalue weighted by molar-refractivity contribution is 5.66. The monoisotopic (exact) mass is 280 g/mol. The Balaban J connectivity index is 1.90. The van der Waals surface area contributed by atoms with Crippen molar-refractivity contribution in [3.05, 3.63) is 0 Å². The molecule has 3 rings (SSSR count). The summed E-state index contributed by atoms with van der Waals surface area (Å²) in [5.74, 6) is -0.154. The van der Waals surface area contributed by atoms with Crippen LogP contribution in [-0.4, -0.2) is 22.8 Å². The van der Waals surface area contributed by atoms with Gasteiger partial charge in [0.1, 0.15) is 6.10 Å². The summed E-state index contributed by atoms with van der Waals surface area (Å²) in [6.07, 6.45) is 7.32. The molecule has 1 N–H and O–H groups in total. The van der Waals surface area contributed by atoms with Crippen LogP contribution in [0.25, 0.3) is 0 Å². The fourth-order valence-electron chi connectivity index (χ4n) is 6.00. The average Bonchev–Trinajstić information content (AvgIpc) is 2.48. The lowest BCUT2D eigenvalue weighted by Crippen LogP contribution is -2.54. The largest absolute Gasteiger partial charge is 0.462 e. The van der Waals surface area contributed by atoms with Gasteiger partial charge in [-0.1, -0.05) is 13.8 Å². The molecule has 3 saturated carbocycles. The standard InChI is InChI=1S/C17H28O3/c1-12(18)20-13-5-6-17-9-14(13,2)7-8-15(17,3)10-16(4,19)11-17/h13,19H,5-11H2,1-4H3/t13-,14?,15+,16+,17?/m0/s1. The van der Waals surface area contributed by atoms with E-state index >= 15 is 0 Å². The SMILES string of the molecule is CC(=O)O[C@H]1CCC23CC1(C)CC[C@]2(C)C[C@@](C)(O)C3. The molecule has 0 aromatic carbocycles. The maximum atomic E-state index is 11.3. The number of fused-ring (bicyclic) bond motifs is 1. The van der Waals surface area contributed by atoms with Gasteiger partial charge in [-0.2, -0.15) is 0 Å². The van der Waals surface area contributed by atoms with Gasteiger partial charge in [0.2, 0.25) is 0 Å². The molecule has 5 atom stereocenters. The summed E-state index contributed by atoms with van der Waals surface area (Å²) >= 11 is 0. The summed E-state index contributed by atoms with van der Waals surface area (Å²) in [5, 5.41) is 10.6. The lowest BCUT2D eigenvalue weighted by atomic mass is 9.46. The first-order valence-corrected chi connectivity index (χ1v) is 8.00. The first kappa shape index (κ1) is 14.4. The number of carbonyl (C=O) groups excluding carboxylic acids is 1. The van der Waals surface area contributed by atoms with Crippen LogP contribution in [0.5, 0.6) is 0 Å². The minimum Gasteiger partial charge on any atom is -0.462 e. The van der Waals surface area contributed by atoms with Gasteiger partial charge in [0.15, 0.2) is 0 Å². The Bertz CT molecular complexity index is 444. The molecular formula is C17H28O3. The van der Waals surface area contributed by atoms with Crippen molar-refractivity contribution in [1.82, 2.24) is 0 Å². The maximum absolute atomic E-state index is 11.3. The normalized spacial score (nSPS) is 54.4. The van der Waals surface area contributed by atoms with Gasteiger partial charge in [0.05, 0.1) is 5.60 Å². The Morgan fingerprint density at radius 3 is 2.45 bits per heavy atom. The number of carbonyl (C=O) groups is 1. The van der Waals surface area contributed by atoms with Crippen LogP contribution in [-0.2, 0) is 9.53 Å². The summed E-state index contributed by atoms with van der Waals surface area (Å²) in [6.45, 7) is 8.18. The topological polar surface area (TPSA) is 46.5 Å². The van der Waals surface area contributed by atoms with E-state index < -0.39 is 5.60 Å². The van der Waals surface area contributed by atoms with E-state index in [2.05, 4.69) is 13.8 Å². The van der Waals surface area contributed by atoms with Crippen molar-refractivity contribution >= 4 is 5.97 Å². The fraction of sp³-hybridized carbons (Fsp3) is 0.941. The van der Waals surface area contributed by atoms with E-state index in [0.717, 1.165) is 44.9 Å². The second-order valence-electron chi connectivity index (χ2n) is 8.66. The first-order chi connectivity index (χ1) is 9.10. The average molecular weight is 280 g/mol. The predicted octanol–water partition coefficient (Wildman–Crippen LogP) is 3.44. The van der Waals surface area contributed by atoms with E-state index in [-0.39, 0.29) is 28.3 Å². The summed E-state index contributed by atoms with van der Waals surface area (Å²) in [4.78, 5) is 11.3. The molecule has 0 saturated heterocycles. The van der Waals surface area contributed by atoms with E-state index in [0.29, 0.717) is 0 Å². The number of ether oxygens (including phenoxy) is 1. The Labute approximate surface area is 122 Å². The Hall–Kier alpha value is -0.570. The third-order valence-corrected chi connectivity index (χ3v) is 6.73. The summed E-state index contributed by atoms with van der Waals surface area (Å²) in [6, 6.07) is 0. The molecule has 3 aliphatic carbocycles. The minimum absolute atomic E-state index is 0.0701. The Morgan fingerprint density at radius 2 is 1.80 bits per heavy atom. The van der Waals surface area contributed by atoms with Crippen LogP contribution < -0.4 is 0 Å². The van der Waals surface area contributed by atoms with Crippen molar-refractivity contribution in [3.63, 3.8) is 0 Å². The van der Waals surface area contributed by atoms with Crippen molar-refractivity contribution in [2.75, 3.05) is 0 Å². The van der Waals surface area contributed by atoms with Crippen molar-refractivity contribution in [3.8, 4) is 0 Å². The van der Waals surface area contributed by atoms with Gasteiger partial charge in [0, 0.05) is 12.3 Å². The molecule has 0 aromatic heterocycles. The molecule has 0 aromatic rings. The van der Waals surface area contributed by atoms with Crippen LogP contribution in [0.4, 0.5) is 0 Å². The molecule has 20 heavy (non-hydrogen) atoms. The number of hydrogen-bond acceptors (Lipinski definition) is 3. The molecule has 3 nitrogen and oxygen atoms in total. The molecule has 2 unspecified atom stereocenters. The zero-order chi connectivity index (χ0) is 14.8. The molecule has 0 aliphatic heterocycles. The Morgan fingerprint density at radius 1 is 1.10 bits per heavy atom. The van der Waals surface area contributed by atoms with E-state index in [4.69, 9.17) is 4.74 Å². The molecular weight excluding hydrogens is 252 g/mol. The van der Waals surface area contributed by atoms with Crippen LogP contribution in [0.3, 0.4) is 0 Å². The van der Waals surface area contributed by atoms with Crippen LogP contribution in [0.15, 0.2) is 0 Å². The molecule has 2 bridgehead atoms. The molecule has 0 heterocycles. The highest BCUT2D eigenvalue weighted by Crippen LogP contribution is 2.71. The number of esters is 1. The van der Waals surface area contributed by atoms with Crippen LogP contribution in [0.2, 0.25) is 0 Å². The van der Waals surface area contributed by atoms with Gasteiger partial charge in [-0.3, -0.25) is 4.79 Å². The highest BCUT2D eigenvalue weighted by Gasteiger charge is 2.66. The lowest BCUT2D eigenvalue weighted by Gasteiger charge is -2.59. The molecule has 1 spiro atoms. The van der Waals surface area contributed by atoms with Crippen LogP contribution >= 0.6 is 0 Å². The third kappa shape index (κ3) is 1.93. The van der Waals surface area contributed by atoms with Crippen molar-refractivity contribution in [2.45, 2.75) is 84.3 Å². The quantitative estimate of drug-likeness (QED) is 0.748. The first-order valence-electron chi connectivity index (χ1n) is 8.00. The van der Waals surface area contributed by atoms with Crippen LogP contribution in [0, 0.1) is 16.2 Å². The van der Waals surface area contributed by atoms with E-state index in [1.165, 1.54) is 6.92 Å². The number of hydrogen-bond donors (Lipinski definition) is 1. The van der Waals surface area contributed by atoms with Gasteiger partial charge < -0.3 is 9.84 Å². The Kier molecular flexibility index (Phi) is 2.87. The van der Waals surface area contributed by atoms with Crippen molar-refractivity contribution < 1.29 is 14.6 Å². The van der Waals surface area contributed by atoms with Gasteiger partial charge in [0.25, 0.3) is 0 Å². The molecule has 3 aliphatic rings. The summed E-state index contributed by atoms with van der Waals surface area (Å²) < 4.78 is 5.61. The number of aliphatic hydroxyl groups is 1. The van der Waals surface area contributed by atoms with Crippen molar-refractivity contribution in [1.29, 1.82) is 0 Å². The lowest BCUT2D eigenvalue weighted by molar-refractivity contribution is -0.177. The summed E-state index contributed by atoms with van der Waals surface area (Å²) in [5.41, 5.74) is 0.0927. The van der Waals surface area contributed by atoms with Gasteiger partial charge in [-0.15, -0.1) is 0 Å². The maximum Gasteiger partial charge on any atom is 0.302 e. The second-order valence-corrected chi connectivity index (χ2v) is 8.66. The van der Waals surface area contributed by atoms with E-state index in [1.54, 1.807) is 0 Å². The molecule has 114 valence electrons. The fourth-order valence-corrected chi connectivity index (χ4v) is 6.00. The highest BCUT2D eigenvalue weighted by atomic mass is 16.5. The molecule has 0 radical (unpaired) electrons. The second kappa shape index (κ2) is 4.00. The molecule has 0 amide bonds. The minimum atomic E-state index is -0.520.